The van der Waals surface area contributed by atoms with Gasteiger partial charge >= 0.3 is 0 Å². The van der Waals surface area contributed by atoms with Crippen LogP contribution in [0.25, 0.3) is 0 Å². The lowest BCUT2D eigenvalue weighted by molar-refractivity contribution is 0.157. The van der Waals surface area contributed by atoms with E-state index in [2.05, 4.69) is 41.5 Å². The Hall–Kier alpha value is -0.860. The molecule has 1 aromatic carbocycles. The zero-order valence-electron chi connectivity index (χ0n) is 11.4. The van der Waals surface area contributed by atoms with E-state index in [-0.39, 0.29) is 0 Å². The first-order chi connectivity index (χ1) is 8.84. The first-order valence-electron chi connectivity index (χ1n) is 7.33. The highest BCUT2D eigenvalue weighted by Gasteiger charge is 2.26. The van der Waals surface area contributed by atoms with Crippen LogP contribution in [-0.2, 0) is 6.54 Å². The summed E-state index contributed by atoms with van der Waals surface area (Å²) >= 11 is 0. The fourth-order valence-corrected chi connectivity index (χ4v) is 3.31. The minimum Gasteiger partial charge on any atom is -0.313 e. The smallest absolute Gasteiger partial charge is 0.0360 e. The van der Waals surface area contributed by atoms with E-state index in [0.29, 0.717) is 6.04 Å². The van der Waals surface area contributed by atoms with E-state index in [4.69, 9.17) is 0 Å². The summed E-state index contributed by atoms with van der Waals surface area (Å²) in [5.74, 6) is 0.957. The molecule has 1 aliphatic heterocycles. The number of nitrogens with zero attached hydrogens (tertiary/aromatic N) is 1. The Kier molecular flexibility index (Phi) is 3.67. The SMILES string of the molecule is CN(CC1CCC1)C1CCNCc2ccccc21. The topological polar surface area (TPSA) is 15.3 Å². The third kappa shape index (κ3) is 2.45. The molecule has 1 aromatic rings. The zero-order chi connectivity index (χ0) is 12.4. The fourth-order valence-electron chi connectivity index (χ4n) is 3.31. The van der Waals surface area contributed by atoms with Gasteiger partial charge in [-0.3, -0.25) is 4.90 Å². The Morgan fingerprint density at radius 1 is 1.22 bits per heavy atom. The predicted octanol–water partition coefficient (Wildman–Crippen LogP) is 2.95. The van der Waals surface area contributed by atoms with Crippen molar-refractivity contribution in [1.82, 2.24) is 10.2 Å². The number of hydrogen-bond acceptors (Lipinski definition) is 2. The largest absolute Gasteiger partial charge is 0.313 e. The van der Waals surface area contributed by atoms with E-state index in [1.807, 2.05) is 0 Å². The molecule has 2 aliphatic rings. The molecule has 3 rings (SSSR count). The van der Waals surface area contributed by atoms with Gasteiger partial charge in [-0.25, -0.2) is 0 Å². The molecule has 0 aromatic heterocycles. The molecule has 1 N–H and O–H groups in total. The highest BCUT2D eigenvalue weighted by molar-refractivity contribution is 5.31. The van der Waals surface area contributed by atoms with Gasteiger partial charge in [-0.15, -0.1) is 0 Å². The van der Waals surface area contributed by atoms with Crippen molar-refractivity contribution in [2.75, 3.05) is 20.1 Å². The van der Waals surface area contributed by atoms with Crippen LogP contribution >= 0.6 is 0 Å². The van der Waals surface area contributed by atoms with Crippen molar-refractivity contribution in [1.29, 1.82) is 0 Å². The molecule has 0 spiro atoms. The van der Waals surface area contributed by atoms with E-state index in [1.54, 1.807) is 5.56 Å². The van der Waals surface area contributed by atoms with E-state index < -0.39 is 0 Å². The van der Waals surface area contributed by atoms with E-state index in [1.165, 1.54) is 37.8 Å². The van der Waals surface area contributed by atoms with Gasteiger partial charge in [0.15, 0.2) is 0 Å². The summed E-state index contributed by atoms with van der Waals surface area (Å²) in [6, 6.07) is 9.56. The van der Waals surface area contributed by atoms with E-state index >= 15 is 0 Å². The summed E-state index contributed by atoms with van der Waals surface area (Å²) in [7, 11) is 2.31. The van der Waals surface area contributed by atoms with Gasteiger partial charge in [0.05, 0.1) is 0 Å². The molecule has 1 heterocycles. The molecule has 2 nitrogen and oxygen atoms in total. The van der Waals surface area contributed by atoms with Crippen molar-refractivity contribution >= 4 is 0 Å². The van der Waals surface area contributed by atoms with Crippen molar-refractivity contribution in [3.8, 4) is 0 Å². The van der Waals surface area contributed by atoms with Gasteiger partial charge in [0.1, 0.15) is 0 Å². The molecule has 1 atom stereocenters. The van der Waals surface area contributed by atoms with Crippen molar-refractivity contribution in [3.63, 3.8) is 0 Å². The minimum absolute atomic E-state index is 0.608. The lowest BCUT2D eigenvalue weighted by atomic mass is 9.84. The van der Waals surface area contributed by atoms with Gasteiger partial charge in [0.2, 0.25) is 0 Å². The number of nitrogens with one attached hydrogen (secondary N) is 1. The number of benzene rings is 1. The maximum absolute atomic E-state index is 3.54. The Labute approximate surface area is 110 Å². The second-order valence-corrected chi connectivity index (χ2v) is 5.92. The molecule has 1 saturated carbocycles. The van der Waals surface area contributed by atoms with Crippen LogP contribution in [0.5, 0.6) is 0 Å². The minimum atomic E-state index is 0.608. The fraction of sp³-hybridized carbons (Fsp3) is 0.625. The van der Waals surface area contributed by atoms with Crippen LogP contribution in [0.15, 0.2) is 24.3 Å². The zero-order valence-corrected chi connectivity index (χ0v) is 11.4. The molecular formula is C16H24N2. The average Bonchev–Trinajstić information content (AvgIpc) is 2.56. The Morgan fingerprint density at radius 3 is 2.83 bits per heavy atom. The summed E-state index contributed by atoms with van der Waals surface area (Å²) < 4.78 is 0. The van der Waals surface area contributed by atoms with Crippen molar-refractivity contribution < 1.29 is 0 Å². The molecule has 1 unspecified atom stereocenters. The normalized spacial score (nSPS) is 24.4. The molecule has 0 amide bonds. The second kappa shape index (κ2) is 5.41. The van der Waals surface area contributed by atoms with Crippen LogP contribution in [0.4, 0.5) is 0 Å². The highest BCUT2D eigenvalue weighted by Crippen LogP contribution is 2.32. The third-order valence-corrected chi connectivity index (χ3v) is 4.63. The van der Waals surface area contributed by atoms with Crippen LogP contribution in [0.3, 0.4) is 0 Å². The number of fused-ring (bicyclic) bond motifs is 1. The quantitative estimate of drug-likeness (QED) is 0.879. The molecular weight excluding hydrogens is 220 g/mol. The average molecular weight is 244 g/mol. The van der Waals surface area contributed by atoms with E-state index in [0.717, 1.165) is 19.0 Å². The Balaban J connectivity index is 1.77. The standard InChI is InChI=1S/C16H24N2/c1-18(12-13-5-4-6-13)16-9-10-17-11-14-7-2-3-8-15(14)16/h2-3,7-8,13,16-17H,4-6,9-12H2,1H3. The monoisotopic (exact) mass is 244 g/mol. The maximum Gasteiger partial charge on any atom is 0.0360 e. The molecule has 0 radical (unpaired) electrons. The van der Waals surface area contributed by atoms with Crippen molar-refractivity contribution in [2.24, 2.45) is 5.92 Å². The Bertz CT molecular complexity index is 398. The molecule has 1 aliphatic carbocycles. The van der Waals surface area contributed by atoms with Crippen molar-refractivity contribution in [2.45, 2.75) is 38.3 Å². The van der Waals surface area contributed by atoms with Gasteiger partial charge in [0, 0.05) is 19.1 Å². The summed E-state index contributed by atoms with van der Waals surface area (Å²) in [5.41, 5.74) is 3.03. The van der Waals surface area contributed by atoms with Gasteiger partial charge < -0.3 is 5.32 Å². The predicted molar refractivity (Wildman–Crippen MR) is 75.5 cm³/mol. The molecule has 18 heavy (non-hydrogen) atoms. The maximum atomic E-state index is 3.54. The summed E-state index contributed by atoms with van der Waals surface area (Å²) in [6.45, 7) is 3.44. The van der Waals surface area contributed by atoms with Crippen LogP contribution < -0.4 is 5.32 Å². The first kappa shape index (κ1) is 12.2. The number of hydrogen-bond donors (Lipinski definition) is 1. The van der Waals surface area contributed by atoms with Crippen molar-refractivity contribution in [3.05, 3.63) is 35.4 Å². The van der Waals surface area contributed by atoms with Gasteiger partial charge in [-0.1, -0.05) is 30.7 Å². The van der Waals surface area contributed by atoms with Crippen LogP contribution in [0, 0.1) is 5.92 Å². The molecule has 0 saturated heterocycles. The summed E-state index contributed by atoms with van der Waals surface area (Å²) in [4.78, 5) is 2.59. The third-order valence-electron chi connectivity index (χ3n) is 4.63. The van der Waals surface area contributed by atoms with Crippen LogP contribution in [-0.4, -0.2) is 25.0 Å². The van der Waals surface area contributed by atoms with Crippen LogP contribution in [0.2, 0.25) is 0 Å². The molecule has 2 heteroatoms. The second-order valence-electron chi connectivity index (χ2n) is 5.92. The van der Waals surface area contributed by atoms with E-state index in [9.17, 15) is 0 Å². The highest BCUT2D eigenvalue weighted by atomic mass is 15.1. The Morgan fingerprint density at radius 2 is 2.06 bits per heavy atom. The molecule has 0 bridgehead atoms. The van der Waals surface area contributed by atoms with Gasteiger partial charge in [-0.2, -0.15) is 0 Å². The summed E-state index contributed by atoms with van der Waals surface area (Å²) in [5, 5.41) is 3.54. The molecule has 1 fully saturated rings. The van der Waals surface area contributed by atoms with Gasteiger partial charge in [0.25, 0.3) is 0 Å². The lowest BCUT2D eigenvalue weighted by Gasteiger charge is -2.35. The van der Waals surface area contributed by atoms with Crippen LogP contribution in [0.1, 0.15) is 42.9 Å². The summed E-state index contributed by atoms with van der Waals surface area (Å²) in [6.07, 6.45) is 5.56. The van der Waals surface area contributed by atoms with Gasteiger partial charge in [-0.05, 0) is 49.9 Å². The first-order valence-corrected chi connectivity index (χ1v) is 7.33. The molecule has 98 valence electrons. The lowest BCUT2D eigenvalue weighted by Crippen LogP contribution is -2.33. The number of rotatable bonds is 3.